The minimum atomic E-state index is -4.27. The van der Waals surface area contributed by atoms with Gasteiger partial charge in [0.2, 0.25) is 0 Å². The van der Waals surface area contributed by atoms with Crippen LogP contribution in [0.5, 0.6) is 0 Å². The Morgan fingerprint density at radius 2 is 2.05 bits per heavy atom. The molecular formula is C10H17N2O7P. The van der Waals surface area contributed by atoms with Crippen molar-refractivity contribution >= 4 is 19.7 Å². The highest BCUT2D eigenvalue weighted by molar-refractivity contribution is 7.50. The monoisotopic (exact) mass is 308 g/mol. The van der Waals surface area contributed by atoms with Gasteiger partial charge >= 0.3 is 19.7 Å². The van der Waals surface area contributed by atoms with E-state index in [1.54, 1.807) is 6.07 Å². The number of nitrogens with zero attached hydrogens (tertiary/aromatic N) is 1. The number of nitrogens with one attached hydrogen (secondary N) is 1. The average molecular weight is 308 g/mol. The van der Waals surface area contributed by atoms with Crippen LogP contribution >= 0.6 is 7.75 Å². The Bertz CT molecular complexity index is 420. The molecule has 0 spiro atoms. The van der Waals surface area contributed by atoms with Gasteiger partial charge in [0.05, 0.1) is 33.3 Å². The van der Waals surface area contributed by atoms with Crippen molar-refractivity contribution in [3.8, 4) is 6.07 Å². The fourth-order valence-electron chi connectivity index (χ4n) is 1.19. The lowest BCUT2D eigenvalue weighted by atomic mass is 10.2. The molecule has 0 amide bonds. The summed E-state index contributed by atoms with van der Waals surface area (Å²) in [6.45, 7) is -0.262. The van der Waals surface area contributed by atoms with Gasteiger partial charge in [0.1, 0.15) is 6.04 Å². The molecule has 0 aliphatic carbocycles. The first-order valence-electron chi connectivity index (χ1n) is 5.63. The molecule has 0 fully saturated rings. The Morgan fingerprint density at radius 3 is 2.55 bits per heavy atom. The van der Waals surface area contributed by atoms with Gasteiger partial charge in [0, 0.05) is 6.42 Å². The molecule has 0 heterocycles. The number of ether oxygens (including phenoxy) is 2. The molecule has 2 N–H and O–H groups in total. The summed E-state index contributed by atoms with van der Waals surface area (Å²) in [6.07, 6.45) is -0.301. The SMILES string of the molecule is COC(=O)CC[C@H](NP(=O)(O)OCCC#N)C(=O)OC. The smallest absolute Gasteiger partial charge is 0.403 e. The zero-order chi connectivity index (χ0) is 15.6. The van der Waals surface area contributed by atoms with E-state index in [-0.39, 0.29) is 25.9 Å². The van der Waals surface area contributed by atoms with Crippen LogP contribution in [-0.2, 0) is 28.2 Å². The number of methoxy groups -OCH3 is 2. The lowest BCUT2D eigenvalue weighted by molar-refractivity contribution is -0.144. The zero-order valence-corrected chi connectivity index (χ0v) is 12.1. The molecule has 0 aromatic rings. The molecule has 10 heteroatoms. The quantitative estimate of drug-likeness (QED) is 0.345. The van der Waals surface area contributed by atoms with Gasteiger partial charge in [-0.25, -0.2) is 9.65 Å². The number of nitriles is 1. The van der Waals surface area contributed by atoms with E-state index in [9.17, 15) is 19.0 Å². The predicted octanol–water partition coefficient (Wildman–Crippen LogP) is 0.101. The number of rotatable bonds is 9. The minimum Gasteiger partial charge on any atom is -0.469 e. The van der Waals surface area contributed by atoms with Crippen LogP contribution in [0.15, 0.2) is 0 Å². The lowest BCUT2D eigenvalue weighted by Gasteiger charge is -2.19. The Hall–Kier alpha value is -1.46. The van der Waals surface area contributed by atoms with Crippen molar-refractivity contribution in [2.45, 2.75) is 25.3 Å². The van der Waals surface area contributed by atoms with Crippen LogP contribution < -0.4 is 5.09 Å². The van der Waals surface area contributed by atoms with Crippen molar-refractivity contribution in [2.24, 2.45) is 0 Å². The van der Waals surface area contributed by atoms with E-state index in [4.69, 9.17) is 5.26 Å². The average Bonchev–Trinajstić information content (AvgIpc) is 2.42. The molecule has 0 rings (SSSR count). The van der Waals surface area contributed by atoms with Crippen molar-refractivity contribution in [1.82, 2.24) is 5.09 Å². The number of carbonyl (C=O) groups is 2. The standard InChI is InChI=1S/C10H17N2O7P/c1-17-9(13)5-4-8(10(14)18-2)12-20(15,16)19-7-3-6-11/h8H,3-5,7H2,1-2H3,(H2,12,15,16)/t8-/m0/s1. The Labute approximate surface area is 116 Å². The molecule has 1 unspecified atom stereocenters. The lowest BCUT2D eigenvalue weighted by Crippen LogP contribution is -2.36. The molecule has 9 nitrogen and oxygen atoms in total. The van der Waals surface area contributed by atoms with Crippen LogP contribution in [0.3, 0.4) is 0 Å². The van der Waals surface area contributed by atoms with E-state index in [2.05, 4.69) is 19.1 Å². The van der Waals surface area contributed by atoms with Gasteiger partial charge < -0.3 is 14.4 Å². The Morgan fingerprint density at radius 1 is 1.40 bits per heavy atom. The highest BCUT2D eigenvalue weighted by Gasteiger charge is 2.30. The molecule has 20 heavy (non-hydrogen) atoms. The molecule has 2 atom stereocenters. The summed E-state index contributed by atoms with van der Waals surface area (Å²) >= 11 is 0. The topological polar surface area (TPSA) is 135 Å². The summed E-state index contributed by atoms with van der Waals surface area (Å²) in [4.78, 5) is 31.9. The van der Waals surface area contributed by atoms with E-state index in [0.717, 1.165) is 7.11 Å². The third-order valence-electron chi connectivity index (χ3n) is 2.15. The molecule has 0 saturated heterocycles. The van der Waals surface area contributed by atoms with Crippen molar-refractivity contribution in [3.05, 3.63) is 0 Å². The van der Waals surface area contributed by atoms with Gasteiger partial charge in [0.15, 0.2) is 0 Å². The molecule has 0 aliphatic rings. The minimum absolute atomic E-state index is 0.0721. The van der Waals surface area contributed by atoms with Gasteiger partial charge in [-0.1, -0.05) is 0 Å². The van der Waals surface area contributed by atoms with Gasteiger partial charge in [-0.05, 0) is 6.42 Å². The first-order chi connectivity index (χ1) is 9.36. The summed E-state index contributed by atoms with van der Waals surface area (Å²) in [6, 6.07) is 0.540. The molecule has 0 saturated carbocycles. The van der Waals surface area contributed by atoms with Crippen molar-refractivity contribution in [2.75, 3.05) is 20.8 Å². The van der Waals surface area contributed by atoms with E-state index in [0.29, 0.717) is 0 Å². The number of hydrogen-bond donors (Lipinski definition) is 2. The second-order valence-electron chi connectivity index (χ2n) is 3.58. The largest absolute Gasteiger partial charge is 0.469 e. The maximum Gasteiger partial charge on any atom is 0.403 e. The second-order valence-corrected chi connectivity index (χ2v) is 5.14. The van der Waals surface area contributed by atoms with E-state index < -0.39 is 25.7 Å². The van der Waals surface area contributed by atoms with Crippen LogP contribution in [0.1, 0.15) is 19.3 Å². The van der Waals surface area contributed by atoms with Crippen molar-refractivity contribution in [1.29, 1.82) is 5.26 Å². The Kier molecular flexibility index (Phi) is 8.76. The maximum absolute atomic E-state index is 11.6. The van der Waals surface area contributed by atoms with Crippen LogP contribution in [-0.4, -0.2) is 43.7 Å². The summed E-state index contributed by atoms with van der Waals surface area (Å²) in [5, 5.41) is 10.4. The molecule has 0 bridgehead atoms. The summed E-state index contributed by atoms with van der Waals surface area (Å²) < 4.78 is 25.1. The maximum atomic E-state index is 11.6. The summed E-state index contributed by atoms with van der Waals surface area (Å²) in [7, 11) is -1.98. The second kappa shape index (κ2) is 9.44. The van der Waals surface area contributed by atoms with Gasteiger partial charge in [-0.15, -0.1) is 0 Å². The highest BCUT2D eigenvalue weighted by Crippen LogP contribution is 2.38. The zero-order valence-electron chi connectivity index (χ0n) is 11.2. The van der Waals surface area contributed by atoms with E-state index >= 15 is 0 Å². The van der Waals surface area contributed by atoms with Crippen molar-refractivity contribution < 1.29 is 33.0 Å². The fraction of sp³-hybridized carbons (Fsp3) is 0.700. The summed E-state index contributed by atoms with van der Waals surface area (Å²) in [5.74, 6) is -1.38. The van der Waals surface area contributed by atoms with Crippen LogP contribution in [0.4, 0.5) is 0 Å². The van der Waals surface area contributed by atoms with E-state index in [1.165, 1.54) is 7.11 Å². The molecule has 0 aromatic heterocycles. The van der Waals surface area contributed by atoms with Gasteiger partial charge in [-0.3, -0.25) is 14.1 Å². The molecular weight excluding hydrogens is 291 g/mol. The summed E-state index contributed by atoms with van der Waals surface area (Å²) in [5.41, 5.74) is 0. The third-order valence-corrected chi connectivity index (χ3v) is 3.32. The molecule has 114 valence electrons. The third kappa shape index (κ3) is 7.86. The number of hydrogen-bond acceptors (Lipinski definition) is 7. The first-order valence-corrected chi connectivity index (χ1v) is 7.20. The fourth-order valence-corrected chi connectivity index (χ4v) is 2.23. The molecule has 0 radical (unpaired) electrons. The Balaban J connectivity index is 4.55. The van der Waals surface area contributed by atoms with Crippen LogP contribution in [0, 0.1) is 11.3 Å². The molecule has 0 aliphatic heterocycles. The molecule has 0 aromatic carbocycles. The van der Waals surface area contributed by atoms with Crippen molar-refractivity contribution in [3.63, 3.8) is 0 Å². The normalized spacial score (nSPS) is 14.7. The van der Waals surface area contributed by atoms with E-state index in [1.807, 2.05) is 0 Å². The van der Waals surface area contributed by atoms with Crippen LogP contribution in [0.2, 0.25) is 0 Å². The van der Waals surface area contributed by atoms with Crippen LogP contribution in [0.25, 0.3) is 0 Å². The first kappa shape index (κ1) is 18.5. The van der Waals surface area contributed by atoms with Gasteiger partial charge in [0.25, 0.3) is 0 Å². The number of carbonyl (C=O) groups excluding carboxylic acids is 2. The van der Waals surface area contributed by atoms with Gasteiger partial charge in [-0.2, -0.15) is 5.26 Å². The highest BCUT2D eigenvalue weighted by atomic mass is 31.2. The number of esters is 2. The predicted molar refractivity (Wildman–Crippen MR) is 66.2 cm³/mol.